The summed E-state index contributed by atoms with van der Waals surface area (Å²) in [5.41, 5.74) is 11.9. The standard InChI is InChI=1S/C12H18N2O2/c1-3-11(12(14)15)16-10-6-4-9(5-7-10)8(2)13/h4-8,11H,3,13H2,1-2H3,(H2,14,15). The van der Waals surface area contributed by atoms with E-state index in [1.807, 2.05) is 26.0 Å². The summed E-state index contributed by atoms with van der Waals surface area (Å²) >= 11 is 0. The van der Waals surface area contributed by atoms with Crippen molar-refractivity contribution in [2.75, 3.05) is 0 Å². The zero-order chi connectivity index (χ0) is 12.1. The van der Waals surface area contributed by atoms with Crippen LogP contribution in [-0.4, -0.2) is 12.0 Å². The van der Waals surface area contributed by atoms with Gasteiger partial charge in [-0.1, -0.05) is 19.1 Å². The number of primary amides is 1. The summed E-state index contributed by atoms with van der Waals surface area (Å²) in [6.45, 7) is 3.76. The SMILES string of the molecule is CCC(Oc1ccc(C(C)N)cc1)C(N)=O. The molecule has 16 heavy (non-hydrogen) atoms. The van der Waals surface area contributed by atoms with Crippen LogP contribution < -0.4 is 16.2 Å². The molecule has 0 aliphatic carbocycles. The summed E-state index contributed by atoms with van der Waals surface area (Å²) in [7, 11) is 0. The number of ether oxygens (including phenoxy) is 1. The van der Waals surface area contributed by atoms with Crippen molar-refractivity contribution in [1.29, 1.82) is 0 Å². The molecule has 1 aromatic rings. The number of hydrogen-bond acceptors (Lipinski definition) is 3. The van der Waals surface area contributed by atoms with Crippen LogP contribution in [0.3, 0.4) is 0 Å². The van der Waals surface area contributed by atoms with E-state index in [2.05, 4.69) is 0 Å². The largest absolute Gasteiger partial charge is 0.481 e. The summed E-state index contributed by atoms with van der Waals surface area (Å²) in [4.78, 5) is 11.0. The summed E-state index contributed by atoms with van der Waals surface area (Å²) in [6, 6.07) is 7.35. The molecule has 0 bridgehead atoms. The third kappa shape index (κ3) is 3.24. The molecule has 0 heterocycles. The van der Waals surface area contributed by atoms with Gasteiger partial charge in [-0.2, -0.15) is 0 Å². The lowest BCUT2D eigenvalue weighted by Gasteiger charge is -2.14. The average molecular weight is 222 g/mol. The van der Waals surface area contributed by atoms with Gasteiger partial charge in [-0.15, -0.1) is 0 Å². The van der Waals surface area contributed by atoms with Crippen molar-refractivity contribution >= 4 is 5.91 Å². The summed E-state index contributed by atoms with van der Waals surface area (Å²) in [5.74, 6) is 0.189. The monoisotopic (exact) mass is 222 g/mol. The second-order valence-corrected chi connectivity index (χ2v) is 3.77. The molecule has 0 saturated carbocycles. The Labute approximate surface area is 95.6 Å². The minimum absolute atomic E-state index is 0.00726. The van der Waals surface area contributed by atoms with Gasteiger partial charge in [0.15, 0.2) is 6.10 Å². The molecule has 4 N–H and O–H groups in total. The van der Waals surface area contributed by atoms with Gasteiger partial charge >= 0.3 is 0 Å². The molecule has 0 fully saturated rings. The van der Waals surface area contributed by atoms with Crippen molar-refractivity contribution in [2.45, 2.75) is 32.4 Å². The van der Waals surface area contributed by atoms with E-state index in [4.69, 9.17) is 16.2 Å². The highest BCUT2D eigenvalue weighted by atomic mass is 16.5. The molecule has 0 spiro atoms. The smallest absolute Gasteiger partial charge is 0.258 e. The Bertz CT molecular complexity index is 347. The highest BCUT2D eigenvalue weighted by molar-refractivity contribution is 5.79. The highest BCUT2D eigenvalue weighted by Crippen LogP contribution is 2.17. The maximum atomic E-state index is 11.0. The topological polar surface area (TPSA) is 78.3 Å². The molecule has 0 aliphatic rings. The van der Waals surface area contributed by atoms with Gasteiger partial charge in [0.2, 0.25) is 0 Å². The molecule has 0 aliphatic heterocycles. The van der Waals surface area contributed by atoms with Gasteiger partial charge < -0.3 is 16.2 Å². The van der Waals surface area contributed by atoms with Crippen LogP contribution in [0, 0.1) is 0 Å². The lowest BCUT2D eigenvalue weighted by atomic mass is 10.1. The Kier molecular flexibility index (Phi) is 4.31. The maximum absolute atomic E-state index is 11.0. The zero-order valence-corrected chi connectivity index (χ0v) is 9.64. The number of carbonyl (C=O) groups is 1. The van der Waals surface area contributed by atoms with Gasteiger partial charge in [-0.25, -0.2) is 0 Å². The Morgan fingerprint density at radius 3 is 2.31 bits per heavy atom. The minimum Gasteiger partial charge on any atom is -0.481 e. The Hall–Kier alpha value is -1.55. The van der Waals surface area contributed by atoms with Crippen LogP contribution in [0.4, 0.5) is 0 Å². The molecular formula is C12H18N2O2. The Morgan fingerprint density at radius 1 is 1.38 bits per heavy atom. The molecule has 2 unspecified atom stereocenters. The van der Waals surface area contributed by atoms with Crippen LogP contribution in [0.25, 0.3) is 0 Å². The molecule has 4 heteroatoms. The number of hydrogen-bond donors (Lipinski definition) is 2. The van der Waals surface area contributed by atoms with Gasteiger partial charge in [0.1, 0.15) is 5.75 Å². The predicted molar refractivity (Wildman–Crippen MR) is 62.9 cm³/mol. The second kappa shape index (κ2) is 5.51. The van der Waals surface area contributed by atoms with Crippen molar-refractivity contribution < 1.29 is 9.53 Å². The maximum Gasteiger partial charge on any atom is 0.258 e. The van der Waals surface area contributed by atoms with E-state index in [1.54, 1.807) is 12.1 Å². The summed E-state index contributed by atoms with van der Waals surface area (Å²) in [5, 5.41) is 0. The van der Waals surface area contributed by atoms with Crippen LogP contribution in [0.1, 0.15) is 31.9 Å². The van der Waals surface area contributed by atoms with Gasteiger partial charge in [0, 0.05) is 6.04 Å². The predicted octanol–water partition coefficient (Wildman–Crippen LogP) is 1.35. The number of rotatable bonds is 5. The lowest BCUT2D eigenvalue weighted by molar-refractivity contribution is -0.124. The number of carbonyl (C=O) groups excluding carboxylic acids is 1. The van der Waals surface area contributed by atoms with Crippen molar-refractivity contribution in [3.05, 3.63) is 29.8 Å². The fourth-order valence-electron chi connectivity index (χ4n) is 1.36. The van der Waals surface area contributed by atoms with Crippen LogP contribution in [-0.2, 0) is 4.79 Å². The summed E-state index contributed by atoms with van der Waals surface area (Å²) < 4.78 is 5.44. The van der Waals surface area contributed by atoms with Gasteiger partial charge in [0.05, 0.1) is 0 Å². The fourth-order valence-corrected chi connectivity index (χ4v) is 1.36. The average Bonchev–Trinajstić information content (AvgIpc) is 2.26. The third-order valence-corrected chi connectivity index (χ3v) is 2.37. The van der Waals surface area contributed by atoms with Gasteiger partial charge in [-0.05, 0) is 31.0 Å². The van der Waals surface area contributed by atoms with Crippen LogP contribution in [0.2, 0.25) is 0 Å². The molecule has 0 radical (unpaired) electrons. The molecule has 88 valence electrons. The highest BCUT2D eigenvalue weighted by Gasteiger charge is 2.14. The number of nitrogens with two attached hydrogens (primary N) is 2. The van der Waals surface area contributed by atoms with Crippen molar-refractivity contribution in [1.82, 2.24) is 0 Å². The van der Waals surface area contributed by atoms with E-state index in [9.17, 15) is 4.79 Å². The second-order valence-electron chi connectivity index (χ2n) is 3.77. The van der Waals surface area contributed by atoms with E-state index in [0.29, 0.717) is 12.2 Å². The Balaban J connectivity index is 2.71. The van der Waals surface area contributed by atoms with Crippen molar-refractivity contribution in [2.24, 2.45) is 11.5 Å². The molecule has 1 amide bonds. The van der Waals surface area contributed by atoms with E-state index < -0.39 is 12.0 Å². The van der Waals surface area contributed by atoms with E-state index >= 15 is 0 Å². The quantitative estimate of drug-likeness (QED) is 0.789. The van der Waals surface area contributed by atoms with E-state index in [1.165, 1.54) is 0 Å². The molecule has 1 aromatic carbocycles. The van der Waals surface area contributed by atoms with E-state index in [0.717, 1.165) is 5.56 Å². The number of amides is 1. The Morgan fingerprint density at radius 2 is 1.94 bits per heavy atom. The zero-order valence-electron chi connectivity index (χ0n) is 9.64. The van der Waals surface area contributed by atoms with Crippen molar-refractivity contribution in [3.8, 4) is 5.75 Å². The van der Waals surface area contributed by atoms with Crippen LogP contribution >= 0.6 is 0 Å². The molecule has 4 nitrogen and oxygen atoms in total. The van der Waals surface area contributed by atoms with Gasteiger partial charge in [-0.3, -0.25) is 4.79 Å². The first-order chi connectivity index (χ1) is 7.54. The molecule has 1 rings (SSSR count). The van der Waals surface area contributed by atoms with Crippen molar-refractivity contribution in [3.63, 3.8) is 0 Å². The first kappa shape index (κ1) is 12.5. The minimum atomic E-state index is -0.568. The lowest BCUT2D eigenvalue weighted by Crippen LogP contribution is -2.32. The molecular weight excluding hydrogens is 204 g/mol. The van der Waals surface area contributed by atoms with Crippen LogP contribution in [0.5, 0.6) is 5.75 Å². The molecule has 0 aromatic heterocycles. The normalized spacial score (nSPS) is 14.2. The molecule has 0 saturated heterocycles. The van der Waals surface area contributed by atoms with E-state index in [-0.39, 0.29) is 6.04 Å². The third-order valence-electron chi connectivity index (χ3n) is 2.37. The first-order valence-corrected chi connectivity index (χ1v) is 5.36. The number of benzene rings is 1. The van der Waals surface area contributed by atoms with Crippen LogP contribution in [0.15, 0.2) is 24.3 Å². The first-order valence-electron chi connectivity index (χ1n) is 5.36. The molecule has 2 atom stereocenters. The summed E-state index contributed by atoms with van der Waals surface area (Å²) in [6.07, 6.45) is -0.00848. The fraction of sp³-hybridized carbons (Fsp3) is 0.417. The van der Waals surface area contributed by atoms with Gasteiger partial charge in [0.25, 0.3) is 5.91 Å².